The van der Waals surface area contributed by atoms with Gasteiger partial charge in [-0.1, -0.05) is 0 Å². The molecule has 0 spiro atoms. The van der Waals surface area contributed by atoms with Gasteiger partial charge < -0.3 is 8.60 Å². The summed E-state index contributed by atoms with van der Waals surface area (Å²) >= 11 is -2.81. The summed E-state index contributed by atoms with van der Waals surface area (Å²) in [6, 6.07) is 0.886. The first-order chi connectivity index (χ1) is 6.30. The lowest BCUT2D eigenvalue weighted by Gasteiger charge is -2.04. The van der Waals surface area contributed by atoms with Crippen molar-refractivity contribution in [1.82, 2.24) is 0 Å². The van der Waals surface area contributed by atoms with Crippen molar-refractivity contribution in [2.75, 3.05) is 0 Å². The molecule has 1 aromatic rings. The average Bonchev–Trinajstić information content (AvgIpc) is 2.28. The smallest absolute Gasteiger partial charge is 0.453 e. The highest BCUT2D eigenvalue weighted by Gasteiger charge is 2.39. The van der Waals surface area contributed by atoms with Crippen LogP contribution in [0.15, 0.2) is 10.5 Å². The third kappa shape index (κ3) is 2.48. The number of hydrogen-bond acceptors (Lipinski definition) is 3. The van der Waals surface area contributed by atoms with Crippen LogP contribution in [0.1, 0.15) is 11.5 Å². The largest absolute Gasteiger partial charge is 0.453 e. The molecule has 0 aromatic carbocycles. The number of rotatable bonds is 2. The third-order valence-corrected chi connectivity index (χ3v) is 1.56. The van der Waals surface area contributed by atoms with Crippen molar-refractivity contribution in [2.24, 2.45) is 0 Å². The second-order valence-electron chi connectivity index (χ2n) is 2.35. The van der Waals surface area contributed by atoms with Gasteiger partial charge in [-0.2, -0.15) is 17.4 Å². The van der Waals surface area contributed by atoms with Crippen molar-refractivity contribution < 1.29 is 30.5 Å². The molecule has 1 N–H and O–H groups in total. The van der Waals surface area contributed by atoms with Crippen LogP contribution in [-0.2, 0) is 17.5 Å². The molecular formula is C6H5F3O4S. The fourth-order valence-electron chi connectivity index (χ4n) is 0.827. The Hall–Kier alpha value is -1.02. The molecule has 0 aliphatic heterocycles. The zero-order chi connectivity index (χ0) is 10.9. The first-order valence-corrected chi connectivity index (χ1v) is 4.30. The quantitative estimate of drug-likeness (QED) is 0.790. The van der Waals surface area contributed by atoms with Crippen LogP contribution in [0.3, 0.4) is 0 Å². The van der Waals surface area contributed by atoms with Gasteiger partial charge in [0.2, 0.25) is 0 Å². The first kappa shape index (κ1) is 11.1. The Morgan fingerprint density at radius 1 is 1.57 bits per heavy atom. The van der Waals surface area contributed by atoms with Gasteiger partial charge >= 0.3 is 17.5 Å². The van der Waals surface area contributed by atoms with Crippen LogP contribution in [0.2, 0.25) is 0 Å². The SMILES string of the molecule is Cc1cc(OS(=O)O)c(C(F)(F)F)o1. The molecule has 1 rings (SSSR count). The molecule has 1 heterocycles. The number of alkyl halides is 3. The van der Waals surface area contributed by atoms with Gasteiger partial charge in [0, 0.05) is 6.07 Å². The van der Waals surface area contributed by atoms with E-state index in [1.54, 1.807) is 0 Å². The molecule has 0 aliphatic carbocycles. The van der Waals surface area contributed by atoms with Crippen LogP contribution in [0.25, 0.3) is 0 Å². The van der Waals surface area contributed by atoms with Crippen molar-refractivity contribution in [1.29, 1.82) is 0 Å². The van der Waals surface area contributed by atoms with Crippen molar-refractivity contribution in [3.8, 4) is 5.75 Å². The Morgan fingerprint density at radius 2 is 2.14 bits per heavy atom. The molecule has 14 heavy (non-hydrogen) atoms. The minimum absolute atomic E-state index is 0.0576. The van der Waals surface area contributed by atoms with E-state index in [-0.39, 0.29) is 5.76 Å². The van der Waals surface area contributed by atoms with E-state index in [9.17, 15) is 17.4 Å². The van der Waals surface area contributed by atoms with E-state index in [0.29, 0.717) is 0 Å². The minimum Gasteiger partial charge on any atom is -0.453 e. The minimum atomic E-state index is -4.75. The average molecular weight is 230 g/mol. The Kier molecular flexibility index (Phi) is 2.86. The van der Waals surface area contributed by atoms with E-state index in [2.05, 4.69) is 8.60 Å². The summed E-state index contributed by atoms with van der Waals surface area (Å²) in [4.78, 5) is 0. The summed E-state index contributed by atoms with van der Waals surface area (Å²) in [5.41, 5.74) is 0. The highest BCUT2D eigenvalue weighted by atomic mass is 32.2. The fraction of sp³-hybridized carbons (Fsp3) is 0.333. The van der Waals surface area contributed by atoms with Crippen molar-refractivity contribution in [3.05, 3.63) is 17.6 Å². The van der Waals surface area contributed by atoms with E-state index >= 15 is 0 Å². The van der Waals surface area contributed by atoms with E-state index in [4.69, 9.17) is 4.55 Å². The number of aryl methyl sites for hydroxylation is 1. The molecule has 4 nitrogen and oxygen atoms in total. The van der Waals surface area contributed by atoms with Crippen LogP contribution in [0.4, 0.5) is 13.2 Å². The summed E-state index contributed by atoms with van der Waals surface area (Å²) in [7, 11) is 0. The molecular weight excluding hydrogens is 225 g/mol. The van der Waals surface area contributed by atoms with Crippen LogP contribution in [0, 0.1) is 6.92 Å². The molecule has 0 amide bonds. The van der Waals surface area contributed by atoms with Gasteiger partial charge in [-0.05, 0) is 6.92 Å². The molecule has 0 fully saturated rings. The third-order valence-electron chi connectivity index (χ3n) is 1.24. The van der Waals surface area contributed by atoms with Crippen molar-refractivity contribution in [3.63, 3.8) is 0 Å². The van der Waals surface area contributed by atoms with E-state index in [1.165, 1.54) is 6.92 Å². The lowest BCUT2D eigenvalue weighted by atomic mass is 10.4. The predicted molar refractivity (Wildman–Crippen MR) is 39.8 cm³/mol. The number of hydrogen-bond donors (Lipinski definition) is 1. The van der Waals surface area contributed by atoms with Gasteiger partial charge in [0.05, 0.1) is 0 Å². The Balaban J connectivity index is 3.09. The number of furan rings is 1. The molecule has 0 saturated carbocycles. The molecule has 0 saturated heterocycles. The van der Waals surface area contributed by atoms with Crippen LogP contribution in [-0.4, -0.2) is 8.76 Å². The molecule has 80 valence electrons. The van der Waals surface area contributed by atoms with Gasteiger partial charge in [-0.25, -0.2) is 0 Å². The molecule has 8 heteroatoms. The van der Waals surface area contributed by atoms with Gasteiger partial charge in [0.15, 0.2) is 5.75 Å². The lowest BCUT2D eigenvalue weighted by molar-refractivity contribution is -0.154. The molecule has 0 bridgehead atoms. The maximum atomic E-state index is 12.2. The molecule has 0 aliphatic rings. The topological polar surface area (TPSA) is 59.7 Å². The monoisotopic (exact) mass is 230 g/mol. The highest BCUT2D eigenvalue weighted by molar-refractivity contribution is 7.74. The maximum Gasteiger partial charge on any atom is 0.453 e. The normalized spacial score (nSPS) is 14.1. The summed E-state index contributed by atoms with van der Waals surface area (Å²) in [6.45, 7) is 1.27. The van der Waals surface area contributed by atoms with Gasteiger partial charge in [0.1, 0.15) is 5.76 Å². The summed E-state index contributed by atoms with van der Waals surface area (Å²) in [6.07, 6.45) is -4.75. The highest BCUT2D eigenvalue weighted by Crippen LogP contribution is 2.38. The van der Waals surface area contributed by atoms with Crippen LogP contribution in [0.5, 0.6) is 5.75 Å². The molecule has 1 aromatic heterocycles. The second kappa shape index (κ2) is 3.62. The molecule has 1 atom stereocenters. The van der Waals surface area contributed by atoms with Gasteiger partial charge in [-0.3, -0.25) is 4.55 Å². The van der Waals surface area contributed by atoms with Gasteiger partial charge in [-0.15, -0.1) is 0 Å². The zero-order valence-corrected chi connectivity index (χ0v) is 7.61. The zero-order valence-electron chi connectivity index (χ0n) is 6.79. The van der Waals surface area contributed by atoms with Crippen molar-refractivity contribution in [2.45, 2.75) is 13.1 Å². The Labute approximate surface area is 79.2 Å². The first-order valence-electron chi connectivity index (χ1n) is 3.27. The fourth-order valence-corrected chi connectivity index (χ4v) is 1.10. The molecule has 1 unspecified atom stereocenters. The number of halogens is 3. The van der Waals surface area contributed by atoms with E-state index < -0.39 is 29.0 Å². The molecule has 0 radical (unpaired) electrons. The van der Waals surface area contributed by atoms with Crippen molar-refractivity contribution >= 4 is 11.4 Å². The Morgan fingerprint density at radius 3 is 2.57 bits per heavy atom. The summed E-state index contributed by atoms with van der Waals surface area (Å²) in [5, 5.41) is 0. The van der Waals surface area contributed by atoms with E-state index in [0.717, 1.165) is 6.07 Å². The summed E-state index contributed by atoms with van der Waals surface area (Å²) in [5.74, 6) is -2.27. The van der Waals surface area contributed by atoms with Crippen LogP contribution >= 0.6 is 0 Å². The predicted octanol–water partition coefficient (Wildman–Crippen LogP) is 2.12. The lowest BCUT2D eigenvalue weighted by Crippen LogP contribution is -2.07. The van der Waals surface area contributed by atoms with E-state index in [1.807, 2.05) is 0 Å². The summed E-state index contributed by atoms with van der Waals surface area (Å²) < 4.78 is 63.1. The maximum absolute atomic E-state index is 12.2. The van der Waals surface area contributed by atoms with Crippen LogP contribution < -0.4 is 4.18 Å². The Bertz CT molecular complexity index is 356. The van der Waals surface area contributed by atoms with Gasteiger partial charge in [0.25, 0.3) is 5.76 Å². The second-order valence-corrected chi connectivity index (χ2v) is 2.95. The standard InChI is InChI=1S/C6H5F3O4S/c1-3-2-4(13-14(10)11)5(12-3)6(7,8)9/h2H,1H3,(H,10,11).